The van der Waals surface area contributed by atoms with Crippen LogP contribution < -0.4 is 5.48 Å². The number of hydrogen-bond acceptors (Lipinski definition) is 4. The standard InChI is InChI=1S/C9H6Br2FNO3S/c10-4-5(12)6(17-7(4)11)8(14)13-16-9(15)3-1-2-3/h3H,1-2H2,(H,13,14). The summed E-state index contributed by atoms with van der Waals surface area (Å²) in [4.78, 5) is 27.1. The molecule has 0 radical (unpaired) electrons. The summed E-state index contributed by atoms with van der Waals surface area (Å²) in [5, 5.41) is 0. The normalized spacial score (nSPS) is 14.5. The van der Waals surface area contributed by atoms with E-state index in [9.17, 15) is 14.0 Å². The summed E-state index contributed by atoms with van der Waals surface area (Å²) in [7, 11) is 0. The van der Waals surface area contributed by atoms with Crippen molar-refractivity contribution in [2.45, 2.75) is 12.8 Å². The molecule has 4 nitrogen and oxygen atoms in total. The summed E-state index contributed by atoms with van der Waals surface area (Å²) in [6.07, 6.45) is 1.55. The quantitative estimate of drug-likeness (QED) is 0.795. The van der Waals surface area contributed by atoms with Crippen molar-refractivity contribution in [1.29, 1.82) is 0 Å². The minimum absolute atomic E-state index is 0.123. The van der Waals surface area contributed by atoms with Gasteiger partial charge in [-0.05, 0) is 44.7 Å². The monoisotopic (exact) mass is 385 g/mol. The van der Waals surface area contributed by atoms with Gasteiger partial charge in [0.05, 0.1) is 14.2 Å². The van der Waals surface area contributed by atoms with Gasteiger partial charge in [0.1, 0.15) is 4.88 Å². The Hall–Kier alpha value is -0.470. The summed E-state index contributed by atoms with van der Waals surface area (Å²) in [5.41, 5.74) is 1.94. The first-order valence-corrected chi connectivity index (χ1v) is 7.05. The lowest BCUT2D eigenvalue weighted by Gasteiger charge is -2.03. The highest BCUT2D eigenvalue weighted by molar-refractivity contribution is 9.13. The molecule has 1 saturated carbocycles. The van der Waals surface area contributed by atoms with Gasteiger partial charge < -0.3 is 4.84 Å². The maximum atomic E-state index is 13.5. The van der Waals surface area contributed by atoms with E-state index in [4.69, 9.17) is 0 Å². The molecular weight excluding hydrogens is 381 g/mol. The zero-order valence-corrected chi connectivity index (χ0v) is 12.2. The van der Waals surface area contributed by atoms with Crippen molar-refractivity contribution in [2.75, 3.05) is 0 Å². The van der Waals surface area contributed by atoms with Crippen molar-refractivity contribution in [3.8, 4) is 0 Å². The average Bonchev–Trinajstić information content (AvgIpc) is 3.10. The number of nitrogens with one attached hydrogen (secondary N) is 1. The second kappa shape index (κ2) is 5.03. The van der Waals surface area contributed by atoms with Crippen LogP contribution in [-0.2, 0) is 9.63 Å². The Morgan fingerprint density at radius 1 is 1.41 bits per heavy atom. The summed E-state index contributed by atoms with van der Waals surface area (Å²) in [5.74, 6) is -2.05. The van der Waals surface area contributed by atoms with E-state index in [0.29, 0.717) is 3.79 Å². The molecule has 17 heavy (non-hydrogen) atoms. The van der Waals surface area contributed by atoms with Crippen LogP contribution in [0.15, 0.2) is 8.26 Å². The third-order valence-electron chi connectivity index (χ3n) is 2.12. The molecule has 1 aromatic rings. The Balaban J connectivity index is 1.99. The molecule has 0 atom stereocenters. The smallest absolute Gasteiger partial charge is 0.335 e. The van der Waals surface area contributed by atoms with Crippen molar-refractivity contribution < 1.29 is 18.8 Å². The van der Waals surface area contributed by atoms with E-state index in [1.165, 1.54) is 0 Å². The third kappa shape index (κ3) is 2.86. The van der Waals surface area contributed by atoms with Crippen molar-refractivity contribution in [2.24, 2.45) is 5.92 Å². The number of hydrogen-bond donors (Lipinski definition) is 1. The number of carbonyl (C=O) groups is 2. The fourth-order valence-electron chi connectivity index (χ4n) is 1.06. The summed E-state index contributed by atoms with van der Waals surface area (Å²) in [6.45, 7) is 0. The van der Waals surface area contributed by atoms with Crippen molar-refractivity contribution in [3.63, 3.8) is 0 Å². The van der Waals surface area contributed by atoms with Gasteiger partial charge in [-0.25, -0.2) is 9.18 Å². The predicted octanol–water partition coefficient (Wildman–Crippen LogP) is 3.01. The van der Waals surface area contributed by atoms with E-state index >= 15 is 0 Å². The van der Waals surface area contributed by atoms with Gasteiger partial charge in [0.15, 0.2) is 5.82 Å². The molecule has 0 saturated heterocycles. The highest BCUT2D eigenvalue weighted by Crippen LogP contribution is 2.36. The minimum atomic E-state index is -0.770. The molecule has 1 fully saturated rings. The first-order valence-electron chi connectivity index (χ1n) is 4.65. The van der Waals surface area contributed by atoms with Crippen LogP contribution in [-0.4, -0.2) is 11.9 Å². The van der Waals surface area contributed by atoms with Crippen LogP contribution in [0, 0.1) is 11.7 Å². The summed E-state index contributed by atoms with van der Waals surface area (Å²) >= 11 is 6.99. The average molecular weight is 387 g/mol. The van der Waals surface area contributed by atoms with Crippen LogP contribution in [0.5, 0.6) is 0 Å². The van der Waals surface area contributed by atoms with Gasteiger partial charge in [0.25, 0.3) is 5.91 Å². The van der Waals surface area contributed by atoms with Gasteiger partial charge in [-0.2, -0.15) is 5.48 Å². The van der Waals surface area contributed by atoms with E-state index in [1.54, 1.807) is 0 Å². The number of hydroxylamine groups is 1. The number of thiophene rings is 1. The molecule has 0 aliphatic heterocycles. The Morgan fingerprint density at radius 3 is 2.53 bits per heavy atom. The van der Waals surface area contributed by atoms with Crippen LogP contribution in [0.1, 0.15) is 22.5 Å². The van der Waals surface area contributed by atoms with E-state index in [1.807, 2.05) is 5.48 Å². The highest BCUT2D eigenvalue weighted by atomic mass is 79.9. The highest BCUT2D eigenvalue weighted by Gasteiger charge is 2.32. The van der Waals surface area contributed by atoms with Crippen LogP contribution >= 0.6 is 43.2 Å². The van der Waals surface area contributed by atoms with Crippen LogP contribution in [0.25, 0.3) is 0 Å². The molecule has 1 aromatic heterocycles. The number of amides is 1. The molecule has 8 heteroatoms. The maximum absolute atomic E-state index is 13.5. The molecule has 1 heterocycles. The Morgan fingerprint density at radius 2 is 2.06 bits per heavy atom. The molecule has 1 aliphatic carbocycles. The number of halogens is 3. The second-order valence-corrected chi connectivity index (χ2v) is 6.59. The van der Waals surface area contributed by atoms with Gasteiger partial charge in [-0.15, -0.1) is 11.3 Å². The zero-order valence-electron chi connectivity index (χ0n) is 8.26. The van der Waals surface area contributed by atoms with E-state index in [0.717, 1.165) is 24.2 Å². The number of carbonyl (C=O) groups excluding carboxylic acids is 2. The Bertz CT molecular complexity index is 487. The van der Waals surface area contributed by atoms with Gasteiger partial charge in [-0.1, -0.05) is 0 Å². The van der Waals surface area contributed by atoms with Gasteiger partial charge in [-0.3, -0.25) is 4.79 Å². The van der Waals surface area contributed by atoms with E-state index in [-0.39, 0.29) is 15.3 Å². The molecule has 2 rings (SSSR count). The molecule has 1 aliphatic rings. The van der Waals surface area contributed by atoms with Crippen LogP contribution in [0.4, 0.5) is 4.39 Å². The predicted molar refractivity (Wildman–Crippen MR) is 66.0 cm³/mol. The Labute approximate surface area is 117 Å². The fourth-order valence-corrected chi connectivity index (χ4v) is 2.97. The largest absolute Gasteiger partial charge is 0.340 e. The van der Waals surface area contributed by atoms with Crippen LogP contribution in [0.3, 0.4) is 0 Å². The van der Waals surface area contributed by atoms with Crippen molar-refractivity contribution in [3.05, 3.63) is 19.0 Å². The number of rotatable bonds is 2. The van der Waals surface area contributed by atoms with Gasteiger partial charge in [0.2, 0.25) is 0 Å². The first kappa shape index (κ1) is 13.0. The summed E-state index contributed by atoms with van der Waals surface area (Å²) < 4.78 is 14.1. The molecule has 92 valence electrons. The summed E-state index contributed by atoms with van der Waals surface area (Å²) in [6, 6.07) is 0. The van der Waals surface area contributed by atoms with E-state index in [2.05, 4.69) is 36.7 Å². The van der Waals surface area contributed by atoms with Gasteiger partial charge in [0, 0.05) is 0 Å². The lowest BCUT2D eigenvalue weighted by Crippen LogP contribution is -2.27. The molecule has 0 aromatic carbocycles. The molecule has 0 spiro atoms. The molecule has 0 unspecified atom stereocenters. The molecule has 0 bridgehead atoms. The van der Waals surface area contributed by atoms with Crippen molar-refractivity contribution >= 4 is 55.1 Å². The fraction of sp³-hybridized carbons (Fsp3) is 0.333. The first-order chi connectivity index (χ1) is 8.00. The topological polar surface area (TPSA) is 55.4 Å². The second-order valence-electron chi connectivity index (χ2n) is 3.46. The van der Waals surface area contributed by atoms with Crippen molar-refractivity contribution in [1.82, 2.24) is 5.48 Å². The zero-order chi connectivity index (χ0) is 12.6. The Kier molecular flexibility index (Phi) is 3.84. The molecular formula is C9H6Br2FNO3S. The van der Waals surface area contributed by atoms with E-state index < -0.39 is 17.7 Å². The van der Waals surface area contributed by atoms with Crippen LogP contribution in [0.2, 0.25) is 0 Å². The van der Waals surface area contributed by atoms with Gasteiger partial charge >= 0.3 is 5.97 Å². The SMILES string of the molecule is O=C(NOC(=O)C1CC1)c1sc(Br)c(Br)c1F. The maximum Gasteiger partial charge on any atom is 0.335 e. The lowest BCUT2D eigenvalue weighted by atomic mass is 10.4. The third-order valence-corrected chi connectivity index (χ3v) is 5.49. The molecule has 1 amide bonds. The lowest BCUT2D eigenvalue weighted by molar-refractivity contribution is -0.150. The minimum Gasteiger partial charge on any atom is -0.340 e. The molecule has 1 N–H and O–H groups in total.